The number of halogens is 1. The highest BCUT2D eigenvalue weighted by atomic mass is 79.9. The monoisotopic (exact) mass is 344 g/mol. The van der Waals surface area contributed by atoms with Crippen LogP contribution in [0.5, 0.6) is 0 Å². The first-order valence-electron chi connectivity index (χ1n) is 6.35. The van der Waals surface area contributed by atoms with Gasteiger partial charge in [0, 0.05) is 36.5 Å². The Morgan fingerprint density at radius 2 is 2.10 bits per heavy atom. The van der Waals surface area contributed by atoms with Gasteiger partial charge in [-0.15, -0.1) is 0 Å². The maximum absolute atomic E-state index is 12.6. The Hall–Kier alpha value is -1.11. The van der Waals surface area contributed by atoms with E-state index in [0.717, 1.165) is 4.47 Å². The van der Waals surface area contributed by atoms with Gasteiger partial charge in [0.25, 0.3) is 5.91 Å². The van der Waals surface area contributed by atoms with Gasteiger partial charge >= 0.3 is 0 Å². The van der Waals surface area contributed by atoms with Crippen LogP contribution in [-0.2, 0) is 9.47 Å². The first-order chi connectivity index (χ1) is 9.51. The summed E-state index contributed by atoms with van der Waals surface area (Å²) in [5, 5.41) is 0. The first-order valence-corrected chi connectivity index (χ1v) is 7.14. The topological polar surface area (TPSA) is 64.8 Å². The lowest BCUT2D eigenvalue weighted by atomic mass is 10.1. The van der Waals surface area contributed by atoms with E-state index < -0.39 is 0 Å². The van der Waals surface area contributed by atoms with Crippen molar-refractivity contribution in [3.63, 3.8) is 0 Å². The Morgan fingerprint density at radius 1 is 1.40 bits per heavy atom. The third-order valence-corrected chi connectivity index (χ3v) is 3.70. The molecule has 112 valence electrons. The lowest BCUT2D eigenvalue weighted by Crippen LogP contribution is -2.43. The molecule has 6 heteroatoms. The van der Waals surface area contributed by atoms with Crippen LogP contribution in [0.25, 0.3) is 0 Å². The van der Waals surface area contributed by atoms with E-state index >= 15 is 0 Å². The van der Waals surface area contributed by atoms with Gasteiger partial charge in [-0.1, -0.05) is 0 Å². The predicted molar refractivity (Wildman–Crippen MR) is 82.8 cm³/mol. The van der Waals surface area contributed by atoms with Crippen LogP contribution < -0.4 is 5.73 Å². The summed E-state index contributed by atoms with van der Waals surface area (Å²) >= 11 is 3.32. The van der Waals surface area contributed by atoms with Gasteiger partial charge in [0.1, 0.15) is 0 Å². The summed E-state index contributed by atoms with van der Waals surface area (Å²) in [6.45, 7) is 3.41. The normalized spacial score (nSPS) is 12.2. The number of carbonyl (C=O) groups excluding carboxylic acids is 1. The summed E-state index contributed by atoms with van der Waals surface area (Å²) in [6.07, 6.45) is 0. The van der Waals surface area contributed by atoms with Crippen LogP contribution in [-0.4, -0.2) is 50.8 Å². The van der Waals surface area contributed by atoms with Crippen molar-refractivity contribution in [2.45, 2.75) is 13.0 Å². The molecule has 20 heavy (non-hydrogen) atoms. The molecule has 0 bridgehead atoms. The number of nitrogens with zero attached hydrogens (tertiary/aromatic N) is 1. The smallest absolute Gasteiger partial charge is 0.254 e. The van der Waals surface area contributed by atoms with Crippen LogP contribution in [0.15, 0.2) is 22.7 Å². The fourth-order valence-corrected chi connectivity index (χ4v) is 2.13. The van der Waals surface area contributed by atoms with Gasteiger partial charge in [0.05, 0.1) is 19.3 Å². The van der Waals surface area contributed by atoms with E-state index in [0.29, 0.717) is 31.0 Å². The molecule has 0 radical (unpaired) electrons. The number of hydrogen-bond donors (Lipinski definition) is 1. The maximum Gasteiger partial charge on any atom is 0.254 e. The van der Waals surface area contributed by atoms with Crippen molar-refractivity contribution in [3.05, 3.63) is 28.2 Å². The van der Waals surface area contributed by atoms with Gasteiger partial charge in [-0.05, 0) is 41.1 Å². The molecule has 5 nitrogen and oxygen atoms in total. The maximum atomic E-state index is 12.6. The summed E-state index contributed by atoms with van der Waals surface area (Å²) in [4.78, 5) is 14.3. The Labute approximate surface area is 128 Å². The molecule has 1 amide bonds. The molecule has 1 aromatic carbocycles. The number of ether oxygens (including phenoxy) is 2. The fraction of sp³-hybridized carbons (Fsp3) is 0.500. The predicted octanol–water partition coefficient (Wildman–Crippen LogP) is 2.15. The lowest BCUT2D eigenvalue weighted by molar-refractivity contribution is 0.0479. The van der Waals surface area contributed by atoms with Crippen molar-refractivity contribution in [1.82, 2.24) is 4.90 Å². The summed E-state index contributed by atoms with van der Waals surface area (Å²) in [5.41, 5.74) is 6.93. The summed E-state index contributed by atoms with van der Waals surface area (Å²) in [5.74, 6) is -0.0780. The summed E-state index contributed by atoms with van der Waals surface area (Å²) in [7, 11) is 3.23. The van der Waals surface area contributed by atoms with E-state index in [1.165, 1.54) is 0 Å². The number of hydrogen-bond acceptors (Lipinski definition) is 4. The second-order valence-electron chi connectivity index (χ2n) is 4.53. The average molecular weight is 345 g/mol. The van der Waals surface area contributed by atoms with Crippen LogP contribution in [0.1, 0.15) is 17.3 Å². The van der Waals surface area contributed by atoms with Crippen LogP contribution in [0, 0.1) is 0 Å². The minimum Gasteiger partial charge on any atom is -0.398 e. The number of nitrogens with two attached hydrogens (primary N) is 1. The zero-order valence-corrected chi connectivity index (χ0v) is 13.6. The van der Waals surface area contributed by atoms with Crippen LogP contribution in [0.4, 0.5) is 5.69 Å². The highest BCUT2D eigenvalue weighted by Gasteiger charge is 2.21. The Bertz CT molecular complexity index is 454. The Balaban J connectivity index is 2.93. The minimum absolute atomic E-state index is 0.0347. The molecule has 0 aliphatic rings. The van der Waals surface area contributed by atoms with Crippen LogP contribution in [0.2, 0.25) is 0 Å². The average Bonchev–Trinajstić information content (AvgIpc) is 2.42. The van der Waals surface area contributed by atoms with Crippen molar-refractivity contribution >= 4 is 27.5 Å². The molecule has 0 aromatic heterocycles. The molecule has 0 aliphatic heterocycles. The fourth-order valence-electron chi connectivity index (χ4n) is 1.89. The van der Waals surface area contributed by atoms with Gasteiger partial charge in [-0.3, -0.25) is 4.79 Å². The van der Waals surface area contributed by atoms with E-state index in [1.807, 2.05) is 6.92 Å². The third-order valence-electron chi connectivity index (χ3n) is 2.98. The molecular formula is C14H21BrN2O3. The molecule has 0 saturated heterocycles. The molecule has 1 aromatic rings. The lowest BCUT2D eigenvalue weighted by Gasteiger charge is -2.28. The molecule has 2 N–H and O–H groups in total. The molecular weight excluding hydrogens is 324 g/mol. The Morgan fingerprint density at radius 3 is 2.65 bits per heavy atom. The van der Waals surface area contributed by atoms with Crippen LogP contribution in [0.3, 0.4) is 0 Å². The molecule has 0 saturated carbocycles. The number of carbonyl (C=O) groups is 1. The third kappa shape index (κ3) is 4.47. The van der Waals surface area contributed by atoms with E-state index in [1.54, 1.807) is 37.3 Å². The highest BCUT2D eigenvalue weighted by Crippen LogP contribution is 2.21. The van der Waals surface area contributed by atoms with Gasteiger partial charge < -0.3 is 20.1 Å². The minimum atomic E-state index is -0.0780. The zero-order chi connectivity index (χ0) is 15.1. The van der Waals surface area contributed by atoms with E-state index in [2.05, 4.69) is 15.9 Å². The largest absolute Gasteiger partial charge is 0.398 e. The molecule has 1 atom stereocenters. The number of nitrogen functional groups attached to an aromatic ring is 1. The summed E-state index contributed by atoms with van der Waals surface area (Å²) < 4.78 is 11.0. The van der Waals surface area contributed by atoms with Gasteiger partial charge in [0.15, 0.2) is 0 Å². The molecule has 0 spiro atoms. The van der Waals surface area contributed by atoms with Gasteiger partial charge in [0.2, 0.25) is 0 Å². The van der Waals surface area contributed by atoms with E-state index in [9.17, 15) is 4.79 Å². The van der Waals surface area contributed by atoms with Crippen molar-refractivity contribution in [2.24, 2.45) is 0 Å². The second kappa shape index (κ2) is 8.24. The molecule has 0 heterocycles. The van der Waals surface area contributed by atoms with Crippen molar-refractivity contribution in [3.8, 4) is 0 Å². The van der Waals surface area contributed by atoms with E-state index in [4.69, 9.17) is 15.2 Å². The molecule has 1 rings (SSSR count). The molecule has 1 unspecified atom stereocenters. The number of rotatable bonds is 7. The number of amides is 1. The van der Waals surface area contributed by atoms with Gasteiger partial charge in [-0.2, -0.15) is 0 Å². The number of benzene rings is 1. The van der Waals surface area contributed by atoms with Crippen LogP contribution >= 0.6 is 15.9 Å². The Kier molecular flexibility index (Phi) is 6.98. The number of anilines is 1. The van der Waals surface area contributed by atoms with Crippen molar-refractivity contribution in [1.29, 1.82) is 0 Å². The standard InChI is InChI=1S/C14H21BrN2O3/c1-10(9-20-3)17(6-7-19-2)14(18)11-4-5-12(15)13(16)8-11/h4-5,8,10H,6-7,9,16H2,1-3H3. The zero-order valence-electron chi connectivity index (χ0n) is 12.1. The van der Waals surface area contributed by atoms with Crippen molar-refractivity contribution in [2.75, 3.05) is 39.7 Å². The summed E-state index contributed by atoms with van der Waals surface area (Å²) in [6, 6.07) is 5.17. The highest BCUT2D eigenvalue weighted by molar-refractivity contribution is 9.10. The van der Waals surface area contributed by atoms with Gasteiger partial charge in [-0.25, -0.2) is 0 Å². The molecule has 0 fully saturated rings. The van der Waals surface area contributed by atoms with E-state index in [-0.39, 0.29) is 11.9 Å². The quantitative estimate of drug-likeness (QED) is 0.769. The van der Waals surface area contributed by atoms with Crippen molar-refractivity contribution < 1.29 is 14.3 Å². The number of methoxy groups -OCH3 is 2. The SMILES string of the molecule is COCCN(C(=O)c1ccc(Br)c(N)c1)C(C)COC. The second-order valence-corrected chi connectivity index (χ2v) is 5.39. The molecule has 0 aliphatic carbocycles. The first kappa shape index (κ1) is 16.9.